The van der Waals surface area contributed by atoms with Crippen molar-refractivity contribution in [2.45, 2.75) is 51.9 Å². The Morgan fingerprint density at radius 2 is 1.60 bits per heavy atom. The molecule has 0 radical (unpaired) electrons. The van der Waals surface area contributed by atoms with Crippen LogP contribution in [0.1, 0.15) is 51.9 Å². The number of esters is 2. The first-order valence-electron chi connectivity index (χ1n) is 9.04. The van der Waals surface area contributed by atoms with Crippen molar-refractivity contribution in [3.8, 4) is 5.75 Å². The molecule has 0 bridgehead atoms. The van der Waals surface area contributed by atoms with Gasteiger partial charge in [-0.25, -0.2) is 0 Å². The zero-order valence-electron chi connectivity index (χ0n) is 14.8. The van der Waals surface area contributed by atoms with Gasteiger partial charge in [0.05, 0.1) is 6.61 Å². The molecule has 4 nitrogen and oxygen atoms in total. The van der Waals surface area contributed by atoms with Gasteiger partial charge < -0.3 is 9.47 Å². The number of ether oxygens (including phenoxy) is 2. The second-order valence-corrected chi connectivity index (χ2v) is 6.09. The monoisotopic (exact) mass is 342 g/mol. The zero-order chi connectivity index (χ0) is 17.9. The summed E-state index contributed by atoms with van der Waals surface area (Å²) in [6.07, 6.45) is 5.21. The number of hydrogen-bond acceptors (Lipinski definition) is 4. The van der Waals surface area contributed by atoms with Crippen molar-refractivity contribution in [3.63, 3.8) is 0 Å². The zero-order valence-corrected chi connectivity index (χ0v) is 14.8. The fraction of sp³-hybridized carbons (Fsp3) is 0.429. The maximum Gasteiger partial charge on any atom is 0.311 e. The second-order valence-electron chi connectivity index (χ2n) is 6.09. The van der Waals surface area contributed by atoms with E-state index in [9.17, 15) is 9.59 Å². The lowest BCUT2D eigenvalue weighted by Crippen LogP contribution is -2.10. The first-order valence-corrected chi connectivity index (χ1v) is 9.04. The lowest BCUT2D eigenvalue weighted by atomic mass is 10.1. The Labute approximate surface area is 149 Å². The summed E-state index contributed by atoms with van der Waals surface area (Å²) in [5, 5.41) is 1.93. The van der Waals surface area contributed by atoms with Crippen molar-refractivity contribution in [1.82, 2.24) is 0 Å². The Balaban J connectivity index is 1.69. The van der Waals surface area contributed by atoms with E-state index in [0.717, 1.165) is 36.5 Å². The number of unbranched alkanes of at least 4 members (excludes halogenated alkanes) is 3. The molecule has 0 saturated carbocycles. The normalized spacial score (nSPS) is 10.6. The maximum absolute atomic E-state index is 12.0. The molecule has 0 N–H and O–H groups in total. The summed E-state index contributed by atoms with van der Waals surface area (Å²) in [5.74, 6) is -0.0110. The number of carbonyl (C=O) groups excluding carboxylic acids is 2. The Bertz CT molecular complexity index is 688. The van der Waals surface area contributed by atoms with Crippen LogP contribution >= 0.6 is 0 Å². The van der Waals surface area contributed by atoms with Crippen LogP contribution in [0.2, 0.25) is 0 Å². The van der Waals surface area contributed by atoms with Gasteiger partial charge >= 0.3 is 11.9 Å². The Hall–Kier alpha value is -2.36. The predicted molar refractivity (Wildman–Crippen MR) is 98.5 cm³/mol. The summed E-state index contributed by atoms with van der Waals surface area (Å²) in [7, 11) is 0. The highest BCUT2D eigenvalue weighted by Crippen LogP contribution is 2.25. The van der Waals surface area contributed by atoms with Gasteiger partial charge in [-0.15, -0.1) is 0 Å². The third-order valence-electron chi connectivity index (χ3n) is 4.00. The van der Waals surface area contributed by atoms with Crippen molar-refractivity contribution in [2.24, 2.45) is 0 Å². The molecule has 0 aliphatic heterocycles. The maximum atomic E-state index is 12.0. The Kier molecular flexibility index (Phi) is 7.96. The quantitative estimate of drug-likeness (QED) is 0.345. The van der Waals surface area contributed by atoms with Crippen LogP contribution in [0.3, 0.4) is 0 Å². The fourth-order valence-corrected chi connectivity index (χ4v) is 2.62. The molecule has 0 heterocycles. The van der Waals surface area contributed by atoms with Gasteiger partial charge in [0.25, 0.3) is 0 Å². The molecule has 2 rings (SSSR count). The molecule has 2 aromatic carbocycles. The molecule has 2 aromatic rings. The van der Waals surface area contributed by atoms with Gasteiger partial charge in [-0.1, -0.05) is 62.6 Å². The van der Waals surface area contributed by atoms with E-state index in [2.05, 4.69) is 6.92 Å². The molecule has 0 aliphatic rings. The van der Waals surface area contributed by atoms with Gasteiger partial charge in [-0.3, -0.25) is 9.59 Å². The highest BCUT2D eigenvalue weighted by molar-refractivity contribution is 5.90. The smallest absolute Gasteiger partial charge is 0.311 e. The van der Waals surface area contributed by atoms with E-state index in [1.807, 2.05) is 36.4 Å². The molecule has 0 aromatic heterocycles. The lowest BCUT2D eigenvalue weighted by molar-refractivity contribution is -0.144. The van der Waals surface area contributed by atoms with E-state index in [1.54, 1.807) is 6.07 Å². The van der Waals surface area contributed by atoms with Gasteiger partial charge in [0.15, 0.2) is 0 Å². The van der Waals surface area contributed by atoms with Crippen molar-refractivity contribution in [1.29, 1.82) is 0 Å². The molecule has 0 atom stereocenters. The minimum Gasteiger partial charge on any atom is -0.466 e. The van der Waals surface area contributed by atoms with Crippen LogP contribution in [0.4, 0.5) is 0 Å². The molecule has 0 amide bonds. The summed E-state index contributed by atoms with van der Waals surface area (Å²) < 4.78 is 10.6. The minimum absolute atomic E-state index is 0.203. The summed E-state index contributed by atoms with van der Waals surface area (Å²) >= 11 is 0. The van der Waals surface area contributed by atoms with Gasteiger partial charge in [0, 0.05) is 18.2 Å². The standard InChI is InChI=1S/C21H26O4/c1-2-3-4-7-16-24-20(22)14-9-15-21(23)25-19-13-8-11-17-10-5-6-12-18(17)19/h5-6,8,10-13H,2-4,7,9,14-16H2,1H3. The van der Waals surface area contributed by atoms with Crippen LogP contribution in [0.25, 0.3) is 10.8 Å². The molecular weight excluding hydrogens is 316 g/mol. The first kappa shape index (κ1) is 19.0. The van der Waals surface area contributed by atoms with Gasteiger partial charge in [-0.2, -0.15) is 0 Å². The molecule has 0 unspecified atom stereocenters. The van der Waals surface area contributed by atoms with Gasteiger partial charge in [0.2, 0.25) is 0 Å². The molecule has 25 heavy (non-hydrogen) atoms. The van der Waals surface area contributed by atoms with Gasteiger partial charge in [0.1, 0.15) is 5.75 Å². The van der Waals surface area contributed by atoms with Crippen molar-refractivity contribution >= 4 is 22.7 Å². The van der Waals surface area contributed by atoms with Crippen LogP contribution < -0.4 is 4.74 Å². The first-order chi connectivity index (χ1) is 12.2. The van der Waals surface area contributed by atoms with Crippen LogP contribution in [0, 0.1) is 0 Å². The SMILES string of the molecule is CCCCCCOC(=O)CCCC(=O)Oc1cccc2ccccc12. The topological polar surface area (TPSA) is 52.6 Å². The number of benzene rings is 2. The van der Waals surface area contributed by atoms with Crippen molar-refractivity contribution in [3.05, 3.63) is 42.5 Å². The van der Waals surface area contributed by atoms with Gasteiger partial charge in [-0.05, 0) is 24.3 Å². The van der Waals surface area contributed by atoms with Crippen LogP contribution in [0.15, 0.2) is 42.5 Å². The summed E-state index contributed by atoms with van der Waals surface area (Å²) in [6.45, 7) is 2.61. The molecule has 134 valence electrons. The third-order valence-corrected chi connectivity index (χ3v) is 4.00. The van der Waals surface area contributed by atoms with E-state index < -0.39 is 0 Å². The molecule has 0 spiro atoms. The van der Waals surface area contributed by atoms with Crippen LogP contribution in [-0.4, -0.2) is 18.5 Å². The van der Waals surface area contributed by atoms with Crippen LogP contribution in [0.5, 0.6) is 5.75 Å². The molecule has 0 aliphatic carbocycles. The Morgan fingerprint density at radius 3 is 2.44 bits per heavy atom. The highest BCUT2D eigenvalue weighted by atomic mass is 16.5. The van der Waals surface area contributed by atoms with Crippen molar-refractivity contribution < 1.29 is 19.1 Å². The number of hydrogen-bond donors (Lipinski definition) is 0. The lowest BCUT2D eigenvalue weighted by Gasteiger charge is -2.08. The second kappa shape index (κ2) is 10.5. The van der Waals surface area contributed by atoms with Crippen molar-refractivity contribution in [2.75, 3.05) is 6.61 Å². The summed E-state index contributed by atoms with van der Waals surface area (Å²) in [6, 6.07) is 13.4. The van der Waals surface area contributed by atoms with E-state index in [0.29, 0.717) is 18.8 Å². The van der Waals surface area contributed by atoms with E-state index >= 15 is 0 Å². The highest BCUT2D eigenvalue weighted by Gasteiger charge is 2.10. The Morgan fingerprint density at radius 1 is 0.840 bits per heavy atom. The summed E-state index contributed by atoms with van der Waals surface area (Å²) in [5.41, 5.74) is 0. The number of rotatable bonds is 10. The van der Waals surface area contributed by atoms with Crippen LogP contribution in [-0.2, 0) is 14.3 Å². The molecular formula is C21H26O4. The predicted octanol–water partition coefficient (Wildman–Crippen LogP) is 5.04. The average molecular weight is 342 g/mol. The minimum atomic E-state index is -0.327. The molecule has 0 saturated heterocycles. The van der Waals surface area contributed by atoms with E-state index in [1.165, 1.54) is 0 Å². The average Bonchev–Trinajstić information content (AvgIpc) is 2.62. The largest absolute Gasteiger partial charge is 0.466 e. The molecule has 4 heteroatoms. The summed E-state index contributed by atoms with van der Waals surface area (Å²) in [4.78, 5) is 23.6. The number of carbonyl (C=O) groups is 2. The fourth-order valence-electron chi connectivity index (χ4n) is 2.62. The van der Waals surface area contributed by atoms with E-state index in [-0.39, 0.29) is 24.8 Å². The number of fused-ring (bicyclic) bond motifs is 1. The third kappa shape index (κ3) is 6.57. The molecule has 0 fully saturated rings. The van der Waals surface area contributed by atoms with E-state index in [4.69, 9.17) is 9.47 Å².